The fourth-order valence-electron chi connectivity index (χ4n) is 3.44. The van der Waals surface area contributed by atoms with Crippen LogP contribution in [0.1, 0.15) is 27.4 Å². The number of carbonyl (C=O) groups excluding carboxylic acids is 1. The van der Waals surface area contributed by atoms with Gasteiger partial charge in [0.05, 0.1) is 5.56 Å². The molecule has 0 aliphatic carbocycles. The summed E-state index contributed by atoms with van der Waals surface area (Å²) in [7, 11) is -3.72. The molecular weight excluding hydrogens is 456 g/mol. The Morgan fingerprint density at radius 2 is 1.79 bits per heavy atom. The number of nitrogens with one attached hydrogen (secondary N) is 1. The number of hydrogen-bond donors (Lipinski definition) is 1. The van der Waals surface area contributed by atoms with Gasteiger partial charge in [0.25, 0.3) is 15.9 Å². The van der Waals surface area contributed by atoms with Crippen LogP contribution in [0.2, 0.25) is 0 Å². The molecule has 2 heterocycles. The van der Waals surface area contributed by atoms with Crippen LogP contribution in [0.25, 0.3) is 11.5 Å². The first-order valence-corrected chi connectivity index (χ1v) is 11.7. The fourth-order valence-corrected chi connectivity index (χ4v) is 4.62. The zero-order chi connectivity index (χ0) is 23.7. The van der Waals surface area contributed by atoms with Gasteiger partial charge in [0, 0.05) is 16.8 Å². The lowest BCUT2D eigenvalue weighted by Crippen LogP contribution is -2.11. The van der Waals surface area contributed by atoms with Gasteiger partial charge in [0.1, 0.15) is 4.90 Å². The molecular formula is C24H18N4O5S. The number of aryl methyl sites for hydroxylation is 1. The number of rotatable bonds is 5. The molecule has 9 nitrogen and oxygen atoms in total. The molecule has 0 amide bonds. The summed E-state index contributed by atoms with van der Waals surface area (Å²) in [6.07, 6.45) is 0. The number of fused-ring (bicyclic) bond motifs is 1. The highest BCUT2D eigenvalue weighted by Gasteiger charge is 2.28. The van der Waals surface area contributed by atoms with Crippen LogP contribution >= 0.6 is 0 Å². The summed E-state index contributed by atoms with van der Waals surface area (Å²) >= 11 is 0. The highest BCUT2D eigenvalue weighted by atomic mass is 32.2. The standard InChI is InChI=1S/C24H18N4O5S/c1-15-5-4-6-17(13-15)23-27-26-21(33-23)14-32-24(29)16-9-11-18(12-10-16)25-22-19-7-2-3-8-20(19)34(30,31)28-22/h2-13H,14H2,1H3,(H,25,28). The summed E-state index contributed by atoms with van der Waals surface area (Å²) in [4.78, 5) is 12.6. The Morgan fingerprint density at radius 3 is 2.59 bits per heavy atom. The van der Waals surface area contributed by atoms with Gasteiger partial charge in [-0.15, -0.1) is 14.6 Å². The van der Waals surface area contributed by atoms with Crippen LogP contribution in [0, 0.1) is 6.92 Å². The van der Waals surface area contributed by atoms with Crippen LogP contribution < -0.4 is 5.32 Å². The van der Waals surface area contributed by atoms with Gasteiger partial charge in [0.15, 0.2) is 12.4 Å². The third-order valence-corrected chi connectivity index (χ3v) is 6.41. The second-order valence-corrected chi connectivity index (χ2v) is 9.13. The predicted molar refractivity (Wildman–Crippen MR) is 124 cm³/mol. The number of benzene rings is 3. The van der Waals surface area contributed by atoms with E-state index in [0.717, 1.165) is 11.1 Å². The van der Waals surface area contributed by atoms with Gasteiger partial charge in [-0.05, 0) is 55.5 Å². The van der Waals surface area contributed by atoms with Crippen molar-refractivity contribution in [3.63, 3.8) is 0 Å². The molecule has 3 aromatic carbocycles. The van der Waals surface area contributed by atoms with E-state index >= 15 is 0 Å². The molecule has 0 spiro atoms. The molecule has 1 aliphatic rings. The summed E-state index contributed by atoms with van der Waals surface area (Å²) in [5.74, 6) is 0.200. The molecule has 170 valence electrons. The average Bonchev–Trinajstić information content (AvgIpc) is 3.41. The normalized spacial score (nSPS) is 13.7. The Kier molecular flexibility index (Phi) is 5.42. The minimum Gasteiger partial charge on any atom is -0.452 e. The molecule has 34 heavy (non-hydrogen) atoms. The van der Waals surface area contributed by atoms with E-state index in [9.17, 15) is 13.2 Å². The van der Waals surface area contributed by atoms with Gasteiger partial charge in [-0.1, -0.05) is 29.8 Å². The maximum absolute atomic E-state index is 12.4. The lowest BCUT2D eigenvalue weighted by Gasteiger charge is -2.07. The zero-order valence-corrected chi connectivity index (χ0v) is 18.7. The van der Waals surface area contributed by atoms with E-state index in [1.54, 1.807) is 42.5 Å². The first-order chi connectivity index (χ1) is 16.4. The van der Waals surface area contributed by atoms with Gasteiger partial charge >= 0.3 is 5.97 Å². The summed E-state index contributed by atoms with van der Waals surface area (Å²) < 4.78 is 39.0. The predicted octanol–water partition coefficient (Wildman–Crippen LogP) is 3.96. The highest BCUT2D eigenvalue weighted by Crippen LogP contribution is 2.27. The van der Waals surface area contributed by atoms with Crippen molar-refractivity contribution in [3.8, 4) is 11.5 Å². The van der Waals surface area contributed by atoms with E-state index in [4.69, 9.17) is 9.15 Å². The minimum atomic E-state index is -3.72. The van der Waals surface area contributed by atoms with Gasteiger partial charge < -0.3 is 14.5 Å². The molecule has 0 fully saturated rings. The van der Waals surface area contributed by atoms with Crippen molar-refractivity contribution in [2.24, 2.45) is 4.40 Å². The SMILES string of the molecule is Cc1cccc(-c2nnc(COC(=O)c3ccc(NC4=NS(=O)(=O)c5ccccc54)cc3)o2)c1. The van der Waals surface area contributed by atoms with E-state index in [1.165, 1.54) is 6.07 Å². The highest BCUT2D eigenvalue weighted by molar-refractivity contribution is 7.90. The Balaban J connectivity index is 1.22. The Labute approximate surface area is 195 Å². The second kappa shape index (κ2) is 8.56. The lowest BCUT2D eigenvalue weighted by molar-refractivity contribution is 0.0438. The van der Waals surface area contributed by atoms with Crippen molar-refractivity contribution in [1.29, 1.82) is 0 Å². The van der Waals surface area contributed by atoms with Crippen LogP contribution in [0.3, 0.4) is 0 Å². The molecule has 0 unspecified atom stereocenters. The molecule has 1 aliphatic heterocycles. The monoisotopic (exact) mass is 474 g/mol. The number of ether oxygens (including phenoxy) is 1. The lowest BCUT2D eigenvalue weighted by atomic mass is 10.1. The minimum absolute atomic E-state index is 0.157. The molecule has 4 aromatic rings. The quantitative estimate of drug-likeness (QED) is 0.431. The molecule has 1 aromatic heterocycles. The number of carbonyl (C=O) groups is 1. The molecule has 10 heteroatoms. The smallest absolute Gasteiger partial charge is 0.338 e. The van der Waals surface area contributed by atoms with Crippen LogP contribution in [-0.2, 0) is 21.4 Å². The summed E-state index contributed by atoms with van der Waals surface area (Å²) in [5.41, 5.74) is 3.23. The van der Waals surface area contributed by atoms with Crippen molar-refractivity contribution in [1.82, 2.24) is 10.2 Å². The Hall–Kier alpha value is -4.31. The molecule has 1 N–H and O–H groups in total. The Morgan fingerprint density at radius 1 is 1.00 bits per heavy atom. The Bertz CT molecular complexity index is 1520. The summed E-state index contributed by atoms with van der Waals surface area (Å²) in [5, 5.41) is 10.9. The van der Waals surface area contributed by atoms with Gasteiger partial charge in [-0.25, -0.2) is 4.79 Å². The van der Waals surface area contributed by atoms with E-state index in [0.29, 0.717) is 22.7 Å². The summed E-state index contributed by atoms with van der Waals surface area (Å²) in [6, 6.07) is 20.6. The van der Waals surface area contributed by atoms with E-state index in [-0.39, 0.29) is 23.2 Å². The third-order valence-electron chi connectivity index (χ3n) is 5.07. The number of sulfonamides is 1. The van der Waals surface area contributed by atoms with Crippen molar-refractivity contribution in [2.45, 2.75) is 18.4 Å². The second-order valence-electron chi connectivity index (χ2n) is 7.56. The van der Waals surface area contributed by atoms with Crippen LogP contribution in [0.5, 0.6) is 0 Å². The topological polar surface area (TPSA) is 124 Å². The number of anilines is 1. The van der Waals surface area contributed by atoms with Crippen LogP contribution in [0.15, 0.2) is 86.5 Å². The maximum Gasteiger partial charge on any atom is 0.338 e. The largest absolute Gasteiger partial charge is 0.452 e. The number of esters is 1. The number of aromatic nitrogens is 2. The average molecular weight is 474 g/mol. The maximum atomic E-state index is 12.4. The number of nitrogens with zero attached hydrogens (tertiary/aromatic N) is 3. The molecule has 0 radical (unpaired) electrons. The molecule has 0 atom stereocenters. The van der Waals surface area contributed by atoms with Crippen molar-refractivity contribution in [3.05, 3.63) is 95.4 Å². The molecule has 5 rings (SSSR count). The van der Waals surface area contributed by atoms with Crippen molar-refractivity contribution in [2.75, 3.05) is 5.32 Å². The van der Waals surface area contributed by atoms with Crippen molar-refractivity contribution >= 4 is 27.5 Å². The van der Waals surface area contributed by atoms with Crippen molar-refractivity contribution < 1.29 is 22.4 Å². The van der Waals surface area contributed by atoms with Crippen LogP contribution in [0.4, 0.5) is 5.69 Å². The first kappa shape index (κ1) is 21.5. The van der Waals surface area contributed by atoms with Gasteiger partial charge in [-0.2, -0.15) is 8.42 Å². The number of hydrogen-bond acceptors (Lipinski definition) is 8. The third kappa shape index (κ3) is 4.30. The fraction of sp³-hybridized carbons (Fsp3) is 0.0833. The summed E-state index contributed by atoms with van der Waals surface area (Å²) in [6.45, 7) is 1.80. The zero-order valence-electron chi connectivity index (χ0n) is 17.9. The van der Waals surface area contributed by atoms with E-state index in [2.05, 4.69) is 19.9 Å². The first-order valence-electron chi connectivity index (χ1n) is 10.3. The van der Waals surface area contributed by atoms with E-state index < -0.39 is 16.0 Å². The number of amidine groups is 1. The van der Waals surface area contributed by atoms with Crippen LogP contribution in [-0.4, -0.2) is 30.4 Å². The molecule has 0 saturated carbocycles. The van der Waals surface area contributed by atoms with E-state index in [1.807, 2.05) is 31.2 Å². The van der Waals surface area contributed by atoms with Gasteiger partial charge in [-0.3, -0.25) is 0 Å². The molecule has 0 saturated heterocycles. The van der Waals surface area contributed by atoms with Gasteiger partial charge in [0.2, 0.25) is 5.89 Å². The molecule has 0 bridgehead atoms.